The van der Waals surface area contributed by atoms with E-state index in [1.165, 1.54) is 4.90 Å². The number of carbonyl (C=O) groups is 2. The fourth-order valence-corrected chi connectivity index (χ4v) is 2.43. The molecular weight excluding hydrogens is 274 g/mol. The van der Waals surface area contributed by atoms with E-state index in [0.29, 0.717) is 24.4 Å². The van der Waals surface area contributed by atoms with Crippen LogP contribution in [0, 0.1) is 6.92 Å². The topological polar surface area (TPSA) is 114 Å². The molecular formula is C13H21N5O3. The molecule has 0 radical (unpaired) electrons. The first kappa shape index (κ1) is 15.4. The summed E-state index contributed by atoms with van der Waals surface area (Å²) in [5.41, 5.74) is 6.97. The highest BCUT2D eigenvalue weighted by molar-refractivity contribution is 5.89. The van der Waals surface area contributed by atoms with Gasteiger partial charge in [0.15, 0.2) is 0 Å². The monoisotopic (exact) mass is 295 g/mol. The molecule has 2 heterocycles. The number of rotatable bonds is 4. The van der Waals surface area contributed by atoms with E-state index >= 15 is 0 Å². The number of carbonyl (C=O) groups excluding carboxylic acids is 2. The third kappa shape index (κ3) is 3.57. The van der Waals surface area contributed by atoms with E-state index in [0.717, 1.165) is 0 Å². The Balaban J connectivity index is 2.07. The standard InChI is InChI=1S/C13H21N5O3/c1-7(2)15-13(20)11-4-9(14)6-18(11)12(19)5-10-8(3)16-21-17-10/h7,9,11H,4-6,14H2,1-3H3,(H,15,20)/t9-,11+/m1/s1. The quantitative estimate of drug-likeness (QED) is 0.764. The van der Waals surface area contributed by atoms with Crippen LogP contribution in [0.25, 0.3) is 0 Å². The molecule has 1 fully saturated rings. The number of likely N-dealkylation sites (tertiary alicyclic amines) is 1. The molecule has 1 aliphatic heterocycles. The number of nitrogens with one attached hydrogen (secondary N) is 1. The van der Waals surface area contributed by atoms with E-state index in [1.54, 1.807) is 6.92 Å². The summed E-state index contributed by atoms with van der Waals surface area (Å²) in [7, 11) is 0. The molecule has 1 aliphatic rings. The maximum atomic E-state index is 12.4. The average molecular weight is 295 g/mol. The Morgan fingerprint density at radius 1 is 1.48 bits per heavy atom. The minimum absolute atomic E-state index is 0.0215. The number of aryl methyl sites for hydroxylation is 1. The lowest BCUT2D eigenvalue weighted by Crippen LogP contribution is -2.48. The van der Waals surface area contributed by atoms with Crippen molar-refractivity contribution in [3.8, 4) is 0 Å². The van der Waals surface area contributed by atoms with Gasteiger partial charge in [0.1, 0.15) is 17.4 Å². The number of nitrogens with two attached hydrogens (primary N) is 1. The lowest BCUT2D eigenvalue weighted by atomic mass is 10.1. The van der Waals surface area contributed by atoms with Gasteiger partial charge in [-0.05, 0) is 27.2 Å². The lowest BCUT2D eigenvalue weighted by Gasteiger charge is -2.24. The van der Waals surface area contributed by atoms with Crippen LogP contribution >= 0.6 is 0 Å². The van der Waals surface area contributed by atoms with E-state index in [2.05, 4.69) is 20.3 Å². The first-order chi connectivity index (χ1) is 9.88. The number of nitrogens with zero attached hydrogens (tertiary/aromatic N) is 3. The highest BCUT2D eigenvalue weighted by Crippen LogP contribution is 2.19. The molecule has 2 amide bonds. The van der Waals surface area contributed by atoms with E-state index in [4.69, 9.17) is 5.73 Å². The summed E-state index contributed by atoms with van der Waals surface area (Å²) in [6.07, 6.45) is 0.536. The van der Waals surface area contributed by atoms with Gasteiger partial charge >= 0.3 is 0 Å². The third-order valence-corrected chi connectivity index (χ3v) is 3.45. The summed E-state index contributed by atoms with van der Waals surface area (Å²) in [5, 5.41) is 10.2. The normalized spacial score (nSPS) is 21.9. The molecule has 0 aliphatic carbocycles. The minimum Gasteiger partial charge on any atom is -0.352 e. The van der Waals surface area contributed by atoms with Gasteiger partial charge in [-0.1, -0.05) is 10.3 Å². The van der Waals surface area contributed by atoms with Gasteiger partial charge in [0.2, 0.25) is 11.8 Å². The van der Waals surface area contributed by atoms with Crippen LogP contribution in [-0.4, -0.2) is 51.7 Å². The van der Waals surface area contributed by atoms with Crippen molar-refractivity contribution in [2.24, 2.45) is 5.73 Å². The maximum Gasteiger partial charge on any atom is 0.243 e. The first-order valence-corrected chi connectivity index (χ1v) is 7.02. The Labute approximate surface area is 123 Å². The van der Waals surface area contributed by atoms with Crippen LogP contribution in [0.5, 0.6) is 0 Å². The second kappa shape index (κ2) is 6.21. The van der Waals surface area contributed by atoms with E-state index < -0.39 is 6.04 Å². The molecule has 8 heteroatoms. The zero-order chi connectivity index (χ0) is 15.6. The van der Waals surface area contributed by atoms with Crippen molar-refractivity contribution in [1.82, 2.24) is 20.5 Å². The van der Waals surface area contributed by atoms with Gasteiger partial charge in [0.05, 0.1) is 6.42 Å². The van der Waals surface area contributed by atoms with E-state index in [1.807, 2.05) is 13.8 Å². The minimum atomic E-state index is -0.518. The van der Waals surface area contributed by atoms with Crippen molar-refractivity contribution in [2.75, 3.05) is 6.54 Å². The molecule has 8 nitrogen and oxygen atoms in total. The van der Waals surface area contributed by atoms with Crippen LogP contribution < -0.4 is 11.1 Å². The number of aromatic nitrogens is 2. The van der Waals surface area contributed by atoms with Gasteiger partial charge in [0.25, 0.3) is 0 Å². The molecule has 21 heavy (non-hydrogen) atoms. The van der Waals surface area contributed by atoms with Gasteiger partial charge in [-0.25, -0.2) is 4.63 Å². The van der Waals surface area contributed by atoms with Crippen molar-refractivity contribution in [3.63, 3.8) is 0 Å². The summed E-state index contributed by atoms with van der Waals surface area (Å²) < 4.78 is 4.58. The molecule has 1 aromatic heterocycles. The molecule has 2 atom stereocenters. The van der Waals surface area contributed by atoms with E-state index in [-0.39, 0.29) is 30.3 Å². The van der Waals surface area contributed by atoms with Crippen molar-refractivity contribution >= 4 is 11.8 Å². The van der Waals surface area contributed by atoms with Crippen molar-refractivity contribution in [2.45, 2.75) is 51.7 Å². The molecule has 1 saturated heterocycles. The zero-order valence-corrected chi connectivity index (χ0v) is 12.5. The number of hydrogen-bond acceptors (Lipinski definition) is 6. The summed E-state index contributed by atoms with van der Waals surface area (Å²) >= 11 is 0. The molecule has 116 valence electrons. The molecule has 0 saturated carbocycles. The maximum absolute atomic E-state index is 12.4. The van der Waals surface area contributed by atoms with Gasteiger partial charge in [0, 0.05) is 18.6 Å². The van der Waals surface area contributed by atoms with Crippen molar-refractivity contribution in [1.29, 1.82) is 0 Å². The lowest BCUT2D eigenvalue weighted by molar-refractivity contribution is -0.138. The van der Waals surface area contributed by atoms with Gasteiger partial charge in [-0.15, -0.1) is 0 Å². The zero-order valence-electron chi connectivity index (χ0n) is 12.5. The van der Waals surface area contributed by atoms with Crippen LogP contribution in [0.1, 0.15) is 31.7 Å². The molecule has 2 rings (SSSR count). The molecule has 0 aromatic carbocycles. The molecule has 1 aromatic rings. The Morgan fingerprint density at radius 2 is 2.19 bits per heavy atom. The molecule has 3 N–H and O–H groups in total. The third-order valence-electron chi connectivity index (χ3n) is 3.45. The van der Waals surface area contributed by atoms with E-state index in [9.17, 15) is 9.59 Å². The Kier molecular flexibility index (Phi) is 4.56. The van der Waals surface area contributed by atoms with Crippen molar-refractivity contribution < 1.29 is 14.2 Å². The largest absolute Gasteiger partial charge is 0.352 e. The second-order valence-corrected chi connectivity index (χ2v) is 5.69. The van der Waals surface area contributed by atoms with Crippen LogP contribution in [0.3, 0.4) is 0 Å². The predicted octanol–water partition coefficient (Wildman–Crippen LogP) is -0.627. The Hall–Kier alpha value is -1.96. The summed E-state index contributed by atoms with van der Waals surface area (Å²) in [6.45, 7) is 5.85. The highest BCUT2D eigenvalue weighted by Gasteiger charge is 2.38. The van der Waals surface area contributed by atoms with Gasteiger partial charge in [-0.2, -0.15) is 0 Å². The summed E-state index contributed by atoms with van der Waals surface area (Å²) in [6, 6.07) is -0.684. The fourth-order valence-electron chi connectivity index (χ4n) is 2.43. The van der Waals surface area contributed by atoms with Gasteiger partial charge in [-0.3, -0.25) is 9.59 Å². The molecule has 0 spiro atoms. The summed E-state index contributed by atoms with van der Waals surface area (Å²) in [4.78, 5) is 26.1. The SMILES string of the molecule is Cc1nonc1CC(=O)N1C[C@H](N)C[C@H]1C(=O)NC(C)C. The Bertz CT molecular complexity index is 528. The number of hydrogen-bond donors (Lipinski definition) is 2. The van der Waals surface area contributed by atoms with Crippen LogP contribution in [-0.2, 0) is 16.0 Å². The van der Waals surface area contributed by atoms with Crippen LogP contribution in [0.15, 0.2) is 4.63 Å². The first-order valence-electron chi connectivity index (χ1n) is 7.02. The number of amides is 2. The average Bonchev–Trinajstić information content (AvgIpc) is 2.95. The predicted molar refractivity (Wildman–Crippen MR) is 74.1 cm³/mol. The molecule has 0 unspecified atom stereocenters. The van der Waals surface area contributed by atoms with Crippen LogP contribution in [0.4, 0.5) is 0 Å². The fraction of sp³-hybridized carbons (Fsp3) is 0.692. The highest BCUT2D eigenvalue weighted by atomic mass is 16.6. The van der Waals surface area contributed by atoms with Gasteiger partial charge < -0.3 is 16.0 Å². The van der Waals surface area contributed by atoms with Crippen molar-refractivity contribution in [3.05, 3.63) is 11.4 Å². The smallest absolute Gasteiger partial charge is 0.243 e. The summed E-state index contributed by atoms with van der Waals surface area (Å²) in [5.74, 6) is -0.355. The Morgan fingerprint density at radius 3 is 2.76 bits per heavy atom. The molecule has 0 bridgehead atoms. The van der Waals surface area contributed by atoms with Crippen LogP contribution in [0.2, 0.25) is 0 Å². The second-order valence-electron chi connectivity index (χ2n) is 5.69.